The predicted octanol–water partition coefficient (Wildman–Crippen LogP) is 5.28. The van der Waals surface area contributed by atoms with E-state index < -0.39 is 0 Å². The molecule has 0 fully saturated rings. The van der Waals surface area contributed by atoms with Gasteiger partial charge in [-0.2, -0.15) is 0 Å². The van der Waals surface area contributed by atoms with Crippen LogP contribution >= 0.6 is 0 Å². The van der Waals surface area contributed by atoms with Crippen LogP contribution in [0.5, 0.6) is 0 Å². The zero-order valence-electron chi connectivity index (χ0n) is 13.1. The topological polar surface area (TPSA) is 0 Å². The number of benzene rings is 3. The second kappa shape index (κ2) is 6.03. The van der Waals surface area contributed by atoms with Crippen molar-refractivity contribution in [3.63, 3.8) is 0 Å². The molecule has 0 N–H and O–H groups in total. The van der Waals surface area contributed by atoms with E-state index in [0.29, 0.717) is 12.1 Å². The summed E-state index contributed by atoms with van der Waals surface area (Å²) in [6.07, 6.45) is 0. The van der Waals surface area contributed by atoms with Crippen LogP contribution in [0.15, 0.2) is 91.0 Å². The largest absolute Gasteiger partial charge is 0.0636 e. The lowest BCUT2D eigenvalue weighted by molar-refractivity contribution is 1.55. The summed E-state index contributed by atoms with van der Waals surface area (Å²) < 4.78 is 16.8. The van der Waals surface area contributed by atoms with Crippen LogP contribution in [-0.4, -0.2) is 0 Å². The van der Waals surface area contributed by atoms with Crippen molar-refractivity contribution in [2.24, 2.45) is 0 Å². The molecule has 0 radical (unpaired) electrons. The summed E-state index contributed by atoms with van der Waals surface area (Å²) in [6.45, 7) is 0. The molecule has 0 heteroatoms. The lowest BCUT2D eigenvalue weighted by Gasteiger charge is -2.08. The van der Waals surface area contributed by atoms with Gasteiger partial charge in [-0.15, -0.1) is 0 Å². The molecule has 0 aliphatic rings. The Morgan fingerprint density at radius 2 is 1.25 bits per heavy atom. The second-order valence-corrected chi connectivity index (χ2v) is 4.51. The van der Waals surface area contributed by atoms with Crippen LogP contribution in [-0.2, 0) is 0 Å². The van der Waals surface area contributed by atoms with Gasteiger partial charge < -0.3 is 0 Å². The van der Waals surface area contributed by atoms with Gasteiger partial charge in [0.05, 0.1) is 2.74 Å². The molecule has 0 heterocycles. The van der Waals surface area contributed by atoms with Crippen LogP contribution in [0.1, 0.15) is 19.4 Å². The second-order valence-electron chi connectivity index (χ2n) is 4.51. The Kier molecular flexibility index (Phi) is 3.08. The standard InChI is InChI=1S/C20H16/c1-4-10-17(11-5-1)16-20(18-12-6-2-7-13-18)19-14-8-3-9-15-19/h1-16H/i12D,16D/b20-16-. The van der Waals surface area contributed by atoms with E-state index in [2.05, 4.69) is 0 Å². The van der Waals surface area contributed by atoms with Crippen LogP contribution in [0, 0.1) is 0 Å². The maximum absolute atomic E-state index is 8.64. The van der Waals surface area contributed by atoms with Gasteiger partial charge in [-0.3, -0.25) is 0 Å². The minimum atomic E-state index is 0.432. The minimum Gasteiger partial charge on any atom is -0.0622 e. The van der Waals surface area contributed by atoms with E-state index in [9.17, 15) is 0 Å². The highest BCUT2D eigenvalue weighted by atomic mass is 14.1. The summed E-state index contributed by atoms with van der Waals surface area (Å²) in [5.41, 5.74) is 3.38. The molecule has 3 aromatic carbocycles. The van der Waals surface area contributed by atoms with E-state index >= 15 is 0 Å². The van der Waals surface area contributed by atoms with E-state index in [1.165, 1.54) is 0 Å². The summed E-state index contributed by atoms with van der Waals surface area (Å²) >= 11 is 0. The lowest BCUT2D eigenvalue weighted by atomic mass is 9.96. The lowest BCUT2D eigenvalue weighted by Crippen LogP contribution is -1.87. The maximum atomic E-state index is 8.64. The predicted molar refractivity (Wildman–Crippen MR) is 86.3 cm³/mol. The third-order valence-corrected chi connectivity index (χ3v) is 3.08. The van der Waals surface area contributed by atoms with Crippen molar-refractivity contribution in [1.82, 2.24) is 0 Å². The van der Waals surface area contributed by atoms with Crippen LogP contribution in [0.3, 0.4) is 0 Å². The molecule has 96 valence electrons. The average Bonchev–Trinajstić information content (AvgIpc) is 2.58. The van der Waals surface area contributed by atoms with Crippen molar-refractivity contribution in [2.45, 2.75) is 0 Å². The summed E-state index contributed by atoms with van der Waals surface area (Å²) in [6, 6.07) is 27.8. The monoisotopic (exact) mass is 258 g/mol. The van der Waals surface area contributed by atoms with Gasteiger partial charge in [-0.25, -0.2) is 0 Å². The van der Waals surface area contributed by atoms with Gasteiger partial charge in [0.25, 0.3) is 0 Å². The van der Waals surface area contributed by atoms with Crippen molar-refractivity contribution >= 4 is 11.6 Å². The van der Waals surface area contributed by atoms with Crippen molar-refractivity contribution in [3.8, 4) is 0 Å². The number of hydrogen-bond donors (Lipinski definition) is 0. The molecule has 3 rings (SSSR count). The summed E-state index contributed by atoms with van der Waals surface area (Å²) in [4.78, 5) is 0. The molecule has 0 aliphatic heterocycles. The fraction of sp³-hybridized carbons (Fsp3) is 0. The molecular weight excluding hydrogens is 240 g/mol. The Balaban J connectivity index is 2.27. The summed E-state index contributed by atoms with van der Waals surface area (Å²) in [5.74, 6) is 0. The van der Waals surface area contributed by atoms with E-state index in [-0.39, 0.29) is 0 Å². The van der Waals surface area contributed by atoms with Gasteiger partial charge in [0, 0.05) is 0 Å². The number of hydrogen-bond acceptors (Lipinski definition) is 0. The molecule has 3 aromatic rings. The molecule has 0 bridgehead atoms. The first kappa shape index (κ1) is 10.2. The Labute approximate surface area is 122 Å². The minimum absolute atomic E-state index is 0.432. The van der Waals surface area contributed by atoms with Crippen molar-refractivity contribution < 1.29 is 2.74 Å². The van der Waals surface area contributed by atoms with Crippen LogP contribution in [0.4, 0.5) is 0 Å². The summed E-state index contributed by atoms with van der Waals surface area (Å²) in [5, 5.41) is 0. The Morgan fingerprint density at radius 1 is 0.700 bits per heavy atom. The smallest absolute Gasteiger partial charge is 0.0622 e. The van der Waals surface area contributed by atoms with Gasteiger partial charge >= 0.3 is 0 Å². The highest BCUT2D eigenvalue weighted by Crippen LogP contribution is 2.25. The van der Waals surface area contributed by atoms with Gasteiger partial charge in [0.15, 0.2) is 0 Å². The van der Waals surface area contributed by atoms with Crippen molar-refractivity contribution in [3.05, 3.63) is 108 Å². The average molecular weight is 258 g/mol. The Bertz CT molecular complexity index is 790. The van der Waals surface area contributed by atoms with Gasteiger partial charge in [-0.1, -0.05) is 91.0 Å². The van der Waals surface area contributed by atoms with Gasteiger partial charge in [-0.05, 0) is 28.3 Å². The van der Waals surface area contributed by atoms with Crippen LogP contribution < -0.4 is 0 Å². The van der Waals surface area contributed by atoms with Crippen molar-refractivity contribution in [2.75, 3.05) is 0 Å². The first-order valence-electron chi connectivity index (χ1n) is 7.65. The zero-order valence-corrected chi connectivity index (χ0v) is 11.1. The molecule has 0 unspecified atom stereocenters. The first-order chi connectivity index (χ1) is 10.8. The zero-order chi connectivity index (χ0) is 15.4. The number of rotatable bonds is 3. The van der Waals surface area contributed by atoms with Gasteiger partial charge in [0.2, 0.25) is 0 Å². The molecule has 0 spiro atoms. The third-order valence-electron chi connectivity index (χ3n) is 3.08. The van der Waals surface area contributed by atoms with E-state index in [0.717, 1.165) is 22.3 Å². The molecule has 20 heavy (non-hydrogen) atoms. The van der Waals surface area contributed by atoms with Crippen molar-refractivity contribution in [1.29, 1.82) is 0 Å². The normalized spacial score (nSPS) is 13.2. The fourth-order valence-corrected chi connectivity index (χ4v) is 2.11. The third kappa shape index (κ3) is 2.86. The van der Waals surface area contributed by atoms with E-state index in [4.69, 9.17) is 2.74 Å². The maximum Gasteiger partial charge on any atom is 0.0636 e. The highest BCUT2D eigenvalue weighted by molar-refractivity contribution is 5.91. The highest BCUT2D eigenvalue weighted by Gasteiger charge is 2.04. The first-order valence-corrected chi connectivity index (χ1v) is 6.65. The molecule has 0 aliphatic carbocycles. The molecule has 0 aromatic heterocycles. The van der Waals surface area contributed by atoms with Gasteiger partial charge in [0.1, 0.15) is 0 Å². The quantitative estimate of drug-likeness (QED) is 0.561. The molecular formula is C20H16. The molecule has 0 saturated heterocycles. The molecule has 0 nitrogen and oxygen atoms in total. The fourth-order valence-electron chi connectivity index (χ4n) is 2.11. The summed E-state index contributed by atoms with van der Waals surface area (Å²) in [7, 11) is 0. The van der Waals surface area contributed by atoms with E-state index in [1.807, 2.05) is 78.9 Å². The van der Waals surface area contributed by atoms with Crippen LogP contribution in [0.25, 0.3) is 11.6 Å². The SMILES string of the molecule is [2H]/C(=C(/c1ccccc1)c1ccccc1[2H])c1ccccc1. The van der Waals surface area contributed by atoms with Crippen LogP contribution in [0.2, 0.25) is 0 Å². The molecule has 0 atom stereocenters. The van der Waals surface area contributed by atoms with E-state index in [1.54, 1.807) is 6.07 Å². The molecule has 0 saturated carbocycles. The molecule has 0 amide bonds. The Hall–Kier alpha value is -2.60. The Morgan fingerprint density at radius 3 is 1.90 bits per heavy atom.